The number of aromatic nitrogens is 1. The molecule has 1 aromatic carbocycles. The van der Waals surface area contributed by atoms with Crippen molar-refractivity contribution in [1.82, 2.24) is 14.8 Å². The van der Waals surface area contributed by atoms with Crippen molar-refractivity contribution in [2.75, 3.05) is 14.1 Å². The van der Waals surface area contributed by atoms with Crippen LogP contribution in [0.1, 0.15) is 147 Å². The van der Waals surface area contributed by atoms with Gasteiger partial charge < -0.3 is 29.7 Å². The highest BCUT2D eigenvalue weighted by molar-refractivity contribution is 6.18. The highest BCUT2D eigenvalue weighted by atomic mass is 16.5. The summed E-state index contributed by atoms with van der Waals surface area (Å²) in [5.74, 6) is -0.314. The van der Waals surface area contributed by atoms with Crippen molar-refractivity contribution in [1.29, 1.82) is 0 Å². The Bertz CT molecular complexity index is 2300. The summed E-state index contributed by atoms with van der Waals surface area (Å²) in [4.78, 5) is 42.4. The van der Waals surface area contributed by atoms with Crippen LogP contribution in [0.5, 0.6) is 0 Å². The smallest absolute Gasteiger partial charge is 0.247 e. The van der Waals surface area contributed by atoms with Gasteiger partial charge in [0.1, 0.15) is 11.6 Å². The molecule has 2 aromatic rings. The first kappa shape index (κ1) is 41.0. The fourth-order valence-electron chi connectivity index (χ4n) is 13.6. The molecular weight excluding hydrogens is 727 g/mol. The number of Topliss-reactive ketones (excluding diaryl/α,β-unsaturated/α-hetero) is 1. The summed E-state index contributed by atoms with van der Waals surface area (Å²) < 4.78 is 8.89. The van der Waals surface area contributed by atoms with Crippen LogP contribution >= 0.6 is 0 Å². The van der Waals surface area contributed by atoms with Gasteiger partial charge in [-0.3, -0.25) is 14.4 Å². The topological polar surface area (TPSA) is 121 Å². The Labute approximate surface area is 344 Å². The van der Waals surface area contributed by atoms with E-state index in [1.165, 1.54) is 16.2 Å². The van der Waals surface area contributed by atoms with Crippen molar-refractivity contribution < 1.29 is 29.3 Å². The van der Waals surface area contributed by atoms with Crippen molar-refractivity contribution in [2.45, 2.75) is 149 Å². The number of hydrogen-bond acceptors (Lipinski definition) is 6. The number of nitrogens with zero attached hydrogens (tertiary/aromatic N) is 2. The molecule has 2 saturated carbocycles. The maximum atomic E-state index is 15.0. The molecule has 9 heteroatoms. The molecule has 0 radical (unpaired) electrons. The van der Waals surface area contributed by atoms with E-state index >= 15 is 0 Å². The summed E-state index contributed by atoms with van der Waals surface area (Å²) in [5, 5.41) is 28.1. The van der Waals surface area contributed by atoms with Gasteiger partial charge in [-0.2, -0.15) is 0 Å². The first-order valence-electron chi connectivity index (χ1n) is 21.4. The maximum Gasteiger partial charge on any atom is 0.247 e. The largest absolute Gasteiger partial charge is 0.392 e. The van der Waals surface area contributed by atoms with Crippen LogP contribution in [-0.2, 0) is 26.2 Å². The average molecular weight is 792 g/mol. The number of allylic oxidation sites excluding steroid dienone is 3. The van der Waals surface area contributed by atoms with E-state index < -0.39 is 40.4 Å². The van der Waals surface area contributed by atoms with Gasteiger partial charge in [-0.1, -0.05) is 51.2 Å². The summed E-state index contributed by atoms with van der Waals surface area (Å²) >= 11 is 0. The molecule has 2 amide bonds. The summed E-state index contributed by atoms with van der Waals surface area (Å²) in [7, 11) is 3.34. The molecule has 0 spiro atoms. The second-order valence-corrected chi connectivity index (χ2v) is 21.3. The molecule has 0 saturated heterocycles. The van der Waals surface area contributed by atoms with Gasteiger partial charge in [-0.15, -0.1) is 0 Å². The molecule has 8 rings (SSSR count). The molecule has 0 bridgehead atoms. The molecule has 0 unspecified atom stereocenters. The summed E-state index contributed by atoms with van der Waals surface area (Å²) in [6.07, 6.45) is 10.9. The number of carbonyl (C=O) groups is 3. The highest BCUT2D eigenvalue weighted by Crippen LogP contribution is 2.71. The normalized spacial score (nSPS) is 35.6. The van der Waals surface area contributed by atoms with E-state index in [2.05, 4.69) is 83.1 Å². The number of carbonyl (C=O) groups excluding carboxylic acids is 3. The fourth-order valence-corrected chi connectivity index (χ4v) is 13.6. The third kappa shape index (κ3) is 5.27. The van der Waals surface area contributed by atoms with E-state index in [0.717, 1.165) is 58.9 Å². The molecule has 58 heavy (non-hydrogen) atoms. The number of aliphatic hydroxyl groups excluding tert-OH is 2. The van der Waals surface area contributed by atoms with Crippen LogP contribution < -0.4 is 5.32 Å². The fraction of sp³-hybridized carbons (Fsp3) is 0.612. The first-order chi connectivity index (χ1) is 26.7. The van der Waals surface area contributed by atoms with Crippen molar-refractivity contribution in [3.8, 4) is 0 Å². The van der Waals surface area contributed by atoms with Crippen molar-refractivity contribution in [3.63, 3.8) is 0 Å². The number of fused-ring (bicyclic) bond motifs is 11. The minimum Gasteiger partial charge on any atom is -0.392 e. The number of likely N-dealkylation sites (N-methyl/N-ethyl adjacent to an activating group) is 1. The second kappa shape index (κ2) is 12.6. The lowest BCUT2D eigenvalue weighted by atomic mass is 9.40. The Hall–Kier alpha value is -3.79. The van der Waals surface area contributed by atoms with Gasteiger partial charge in [-0.25, -0.2) is 0 Å². The number of ether oxygens (including phenoxy) is 1. The quantitative estimate of drug-likeness (QED) is 0.155. The van der Waals surface area contributed by atoms with Crippen molar-refractivity contribution in [3.05, 3.63) is 76.0 Å². The Morgan fingerprint density at radius 1 is 1.05 bits per heavy atom. The van der Waals surface area contributed by atoms with Crippen LogP contribution in [-0.4, -0.2) is 74.2 Å². The molecule has 4 aliphatic carbocycles. The van der Waals surface area contributed by atoms with Crippen LogP contribution in [0, 0.1) is 28.6 Å². The minimum atomic E-state index is -1.06. The van der Waals surface area contributed by atoms with Gasteiger partial charge >= 0.3 is 0 Å². The summed E-state index contributed by atoms with van der Waals surface area (Å²) in [5.41, 5.74) is 4.82. The molecule has 1 aromatic heterocycles. The lowest BCUT2D eigenvalue weighted by Gasteiger charge is -2.64. The Kier molecular flexibility index (Phi) is 8.91. The zero-order valence-electron chi connectivity index (χ0n) is 37.0. The van der Waals surface area contributed by atoms with Crippen LogP contribution in [0.2, 0.25) is 0 Å². The number of amides is 2. The minimum absolute atomic E-state index is 0.0143. The van der Waals surface area contributed by atoms with Crippen LogP contribution in [0.4, 0.5) is 0 Å². The Morgan fingerprint density at radius 2 is 1.72 bits per heavy atom. The van der Waals surface area contributed by atoms with E-state index in [9.17, 15) is 24.6 Å². The number of rotatable bonds is 6. The lowest BCUT2D eigenvalue weighted by Crippen LogP contribution is -2.62. The standard InChI is InChI=1S/C49H65N3O6/c1-25(2)37-40(55)35-34-28(31-24-44(4,5)58-46(8,9)36(31)39(34)54)23-29-30-22-27-17-18-32-47(10,20-15-16-26(3)42(56)50-45(6,7)43(57)51(13)14)33(53)19-21-48(32,11)49(27,12)41(30)52(37)38(29)35/h15-16,20,23-24,27,32-33,36-37,39,53-54H,1,17-19,21-22H2,2-14H3,(H,50,56)/b20-15+,26-16+/t27-,32-,33-,36+,37-,39+,47-,48-,49+/m0/s1. The van der Waals surface area contributed by atoms with E-state index in [1.807, 2.05) is 13.0 Å². The average Bonchev–Trinajstić information content (AvgIpc) is 3.78. The zero-order chi connectivity index (χ0) is 42.6. The SMILES string of the molecule is C=C(C)[C@H]1C(=O)c2c3c(cc4c5c(n1c24)[C@@]1(C)[C@@H](CC[C@H]2[C@](C)(/C=C/C=C(\C)C(=O)NC(C)(C)C(=O)N(C)C)[C@@H](O)CC[C@@]21C)C5)C1=CC(C)(C)OC(C)(C)[C@H]1[C@@H]3O. The van der Waals surface area contributed by atoms with Gasteiger partial charge in [0.05, 0.1) is 34.5 Å². The number of hydrogen-bond donors (Lipinski definition) is 3. The lowest BCUT2D eigenvalue weighted by molar-refractivity contribution is -0.144. The third-order valence-corrected chi connectivity index (χ3v) is 16.1. The van der Waals surface area contributed by atoms with Gasteiger partial charge in [0.15, 0.2) is 5.78 Å². The van der Waals surface area contributed by atoms with Crippen LogP contribution in [0.15, 0.2) is 48.1 Å². The Morgan fingerprint density at radius 3 is 2.36 bits per heavy atom. The molecule has 3 N–H and O–H groups in total. The van der Waals surface area contributed by atoms with E-state index in [1.54, 1.807) is 40.9 Å². The number of ketones is 1. The molecule has 3 heterocycles. The third-order valence-electron chi connectivity index (χ3n) is 16.1. The zero-order valence-corrected chi connectivity index (χ0v) is 37.0. The molecule has 2 fully saturated rings. The molecule has 6 aliphatic rings. The number of nitrogens with one attached hydrogen (secondary N) is 1. The molecule has 2 aliphatic heterocycles. The van der Waals surface area contributed by atoms with E-state index in [-0.39, 0.29) is 40.3 Å². The van der Waals surface area contributed by atoms with Gasteiger partial charge in [-0.05, 0) is 134 Å². The van der Waals surface area contributed by atoms with E-state index in [0.29, 0.717) is 23.5 Å². The molecular formula is C49H65N3O6. The van der Waals surface area contributed by atoms with Crippen molar-refractivity contribution >= 4 is 34.1 Å². The van der Waals surface area contributed by atoms with Crippen LogP contribution in [0.3, 0.4) is 0 Å². The maximum absolute atomic E-state index is 15.0. The summed E-state index contributed by atoms with van der Waals surface area (Å²) in [6.45, 7) is 26.8. The predicted octanol–water partition coefficient (Wildman–Crippen LogP) is 8.08. The number of benzene rings is 1. The van der Waals surface area contributed by atoms with Crippen molar-refractivity contribution in [2.24, 2.45) is 28.6 Å². The second-order valence-electron chi connectivity index (χ2n) is 21.3. The first-order valence-corrected chi connectivity index (χ1v) is 21.4. The Balaban J connectivity index is 1.23. The summed E-state index contributed by atoms with van der Waals surface area (Å²) in [6, 6.07) is 1.74. The van der Waals surface area contributed by atoms with Crippen LogP contribution in [0.25, 0.3) is 16.5 Å². The van der Waals surface area contributed by atoms with Gasteiger partial charge in [0.2, 0.25) is 11.8 Å². The molecule has 9 nitrogen and oxygen atoms in total. The van der Waals surface area contributed by atoms with E-state index in [4.69, 9.17) is 4.74 Å². The molecule has 9 atom stereocenters. The van der Waals surface area contributed by atoms with Gasteiger partial charge in [0.25, 0.3) is 0 Å². The predicted molar refractivity (Wildman–Crippen MR) is 228 cm³/mol. The van der Waals surface area contributed by atoms with Gasteiger partial charge in [0, 0.05) is 53.1 Å². The monoisotopic (exact) mass is 791 g/mol. The molecule has 312 valence electrons. The highest BCUT2D eigenvalue weighted by Gasteiger charge is 2.68. The number of aliphatic hydroxyl groups is 2.